The first kappa shape index (κ1) is 15.2. The Morgan fingerprint density at radius 3 is 3.00 bits per heavy atom. The predicted octanol–water partition coefficient (Wildman–Crippen LogP) is 4.09. The normalized spacial score (nSPS) is 10.9. The SMILES string of the molecule is C=CCNCC(=C)c1nc(Cl)c2cc(CCC)sc2n1. The van der Waals surface area contributed by atoms with E-state index in [4.69, 9.17) is 11.6 Å². The van der Waals surface area contributed by atoms with E-state index in [0.717, 1.165) is 35.2 Å². The third-order valence-electron chi connectivity index (χ3n) is 2.84. The van der Waals surface area contributed by atoms with Crippen LogP contribution in [0.4, 0.5) is 0 Å². The molecule has 0 aliphatic rings. The molecule has 0 saturated carbocycles. The lowest BCUT2D eigenvalue weighted by molar-refractivity contribution is 0.848. The van der Waals surface area contributed by atoms with Crippen molar-refractivity contribution in [2.24, 2.45) is 0 Å². The van der Waals surface area contributed by atoms with Crippen LogP contribution >= 0.6 is 22.9 Å². The summed E-state index contributed by atoms with van der Waals surface area (Å²) in [5.74, 6) is 0.615. The zero-order valence-corrected chi connectivity index (χ0v) is 13.2. The number of fused-ring (bicyclic) bond motifs is 1. The maximum Gasteiger partial charge on any atom is 0.159 e. The van der Waals surface area contributed by atoms with Crippen LogP contribution in [0.15, 0.2) is 25.3 Å². The van der Waals surface area contributed by atoms with Crippen LogP contribution in [0.5, 0.6) is 0 Å². The van der Waals surface area contributed by atoms with E-state index in [-0.39, 0.29) is 0 Å². The number of aromatic nitrogens is 2. The molecule has 0 bridgehead atoms. The largest absolute Gasteiger partial charge is 0.309 e. The van der Waals surface area contributed by atoms with Crippen molar-refractivity contribution in [3.8, 4) is 0 Å². The lowest BCUT2D eigenvalue weighted by Gasteiger charge is -2.05. The second kappa shape index (κ2) is 6.97. The Labute approximate surface area is 128 Å². The Bertz CT molecular complexity index is 633. The smallest absolute Gasteiger partial charge is 0.159 e. The first-order valence-corrected chi connectivity index (χ1v) is 7.80. The Morgan fingerprint density at radius 1 is 1.50 bits per heavy atom. The third kappa shape index (κ3) is 3.45. The molecule has 2 heterocycles. The first-order chi connectivity index (χ1) is 9.65. The molecule has 0 fully saturated rings. The van der Waals surface area contributed by atoms with Crippen molar-refractivity contribution in [2.75, 3.05) is 13.1 Å². The van der Waals surface area contributed by atoms with Crippen LogP contribution in [0, 0.1) is 0 Å². The Kier molecular flexibility index (Phi) is 5.29. The van der Waals surface area contributed by atoms with Gasteiger partial charge in [0.1, 0.15) is 9.98 Å². The molecule has 5 heteroatoms. The minimum atomic E-state index is 0.508. The summed E-state index contributed by atoms with van der Waals surface area (Å²) in [6.45, 7) is 11.2. The van der Waals surface area contributed by atoms with E-state index < -0.39 is 0 Å². The maximum atomic E-state index is 6.26. The molecular formula is C15H18ClN3S. The Balaban J connectivity index is 2.26. The molecule has 2 aromatic rings. The zero-order valence-electron chi connectivity index (χ0n) is 11.6. The highest BCUT2D eigenvalue weighted by molar-refractivity contribution is 7.18. The van der Waals surface area contributed by atoms with Gasteiger partial charge in [0.05, 0.1) is 0 Å². The Morgan fingerprint density at radius 2 is 2.30 bits per heavy atom. The molecule has 0 spiro atoms. The van der Waals surface area contributed by atoms with Crippen LogP contribution in [0.1, 0.15) is 24.0 Å². The van der Waals surface area contributed by atoms with Gasteiger partial charge in [-0.25, -0.2) is 9.97 Å². The van der Waals surface area contributed by atoms with Gasteiger partial charge in [-0.3, -0.25) is 0 Å². The highest BCUT2D eigenvalue weighted by atomic mass is 35.5. The maximum absolute atomic E-state index is 6.26. The minimum absolute atomic E-state index is 0.508. The van der Waals surface area contributed by atoms with E-state index >= 15 is 0 Å². The molecule has 0 unspecified atom stereocenters. The summed E-state index contributed by atoms with van der Waals surface area (Å²) in [6, 6.07) is 2.09. The van der Waals surface area contributed by atoms with Crippen LogP contribution < -0.4 is 5.32 Å². The topological polar surface area (TPSA) is 37.8 Å². The second-order valence-electron chi connectivity index (χ2n) is 4.54. The van der Waals surface area contributed by atoms with Crippen molar-refractivity contribution in [1.29, 1.82) is 0 Å². The summed E-state index contributed by atoms with van der Waals surface area (Å²) < 4.78 is 0. The monoisotopic (exact) mass is 307 g/mol. The zero-order chi connectivity index (χ0) is 14.5. The Hall–Kier alpha value is -1.23. The van der Waals surface area contributed by atoms with Gasteiger partial charge in [-0.05, 0) is 12.5 Å². The van der Waals surface area contributed by atoms with Crippen LogP contribution in [-0.4, -0.2) is 23.1 Å². The van der Waals surface area contributed by atoms with E-state index in [1.54, 1.807) is 17.4 Å². The molecule has 0 saturated heterocycles. The van der Waals surface area contributed by atoms with E-state index in [1.165, 1.54) is 4.88 Å². The van der Waals surface area contributed by atoms with Gasteiger partial charge >= 0.3 is 0 Å². The quantitative estimate of drug-likeness (QED) is 0.476. The number of thiophene rings is 1. The van der Waals surface area contributed by atoms with Crippen molar-refractivity contribution in [3.05, 3.63) is 41.2 Å². The number of rotatable bonds is 7. The number of hydrogen-bond acceptors (Lipinski definition) is 4. The molecule has 0 aliphatic heterocycles. The molecule has 2 aromatic heterocycles. The highest BCUT2D eigenvalue weighted by Gasteiger charge is 2.11. The third-order valence-corrected chi connectivity index (χ3v) is 4.21. The molecule has 2 rings (SSSR count). The van der Waals surface area contributed by atoms with E-state index in [2.05, 4.69) is 41.4 Å². The number of nitrogens with one attached hydrogen (secondary N) is 1. The van der Waals surface area contributed by atoms with E-state index in [9.17, 15) is 0 Å². The van der Waals surface area contributed by atoms with Crippen molar-refractivity contribution < 1.29 is 0 Å². The summed E-state index contributed by atoms with van der Waals surface area (Å²) >= 11 is 7.94. The van der Waals surface area contributed by atoms with Gasteiger partial charge in [0.2, 0.25) is 0 Å². The highest BCUT2D eigenvalue weighted by Crippen LogP contribution is 2.30. The van der Waals surface area contributed by atoms with E-state index in [0.29, 0.717) is 17.5 Å². The van der Waals surface area contributed by atoms with Crippen molar-refractivity contribution in [3.63, 3.8) is 0 Å². The second-order valence-corrected chi connectivity index (χ2v) is 6.02. The van der Waals surface area contributed by atoms with Gasteiger partial charge in [-0.1, -0.05) is 37.6 Å². The van der Waals surface area contributed by atoms with Crippen molar-refractivity contribution >= 4 is 38.7 Å². The lowest BCUT2D eigenvalue weighted by Crippen LogP contribution is -2.16. The van der Waals surface area contributed by atoms with Gasteiger partial charge in [-0.15, -0.1) is 17.9 Å². The predicted molar refractivity (Wildman–Crippen MR) is 88.5 cm³/mol. The summed E-state index contributed by atoms with van der Waals surface area (Å²) in [5, 5.41) is 4.64. The van der Waals surface area contributed by atoms with Gasteiger partial charge in [0.15, 0.2) is 5.82 Å². The molecule has 0 aromatic carbocycles. The van der Waals surface area contributed by atoms with E-state index in [1.807, 2.05) is 0 Å². The van der Waals surface area contributed by atoms with Gasteiger partial charge in [0.25, 0.3) is 0 Å². The summed E-state index contributed by atoms with van der Waals surface area (Å²) in [7, 11) is 0. The van der Waals surface area contributed by atoms with Crippen LogP contribution in [-0.2, 0) is 6.42 Å². The van der Waals surface area contributed by atoms with Gasteiger partial charge in [0, 0.05) is 28.9 Å². The summed E-state index contributed by atoms with van der Waals surface area (Å²) in [6.07, 6.45) is 3.97. The van der Waals surface area contributed by atoms with Crippen LogP contribution in [0.2, 0.25) is 5.15 Å². The fourth-order valence-corrected chi connectivity index (χ4v) is 3.28. The number of nitrogens with zero attached hydrogens (tertiary/aromatic N) is 2. The van der Waals surface area contributed by atoms with Crippen molar-refractivity contribution in [2.45, 2.75) is 19.8 Å². The average Bonchev–Trinajstić information content (AvgIpc) is 2.82. The molecule has 0 aliphatic carbocycles. The summed E-state index contributed by atoms with van der Waals surface area (Å²) in [5.41, 5.74) is 0.834. The fraction of sp³-hybridized carbons (Fsp3) is 0.333. The van der Waals surface area contributed by atoms with Crippen LogP contribution in [0.3, 0.4) is 0 Å². The van der Waals surface area contributed by atoms with Crippen LogP contribution in [0.25, 0.3) is 15.8 Å². The van der Waals surface area contributed by atoms with Gasteiger partial charge < -0.3 is 5.32 Å². The lowest BCUT2D eigenvalue weighted by atomic mass is 10.2. The molecule has 0 amide bonds. The minimum Gasteiger partial charge on any atom is -0.309 e. The molecule has 1 N–H and O–H groups in total. The van der Waals surface area contributed by atoms with Crippen molar-refractivity contribution in [1.82, 2.24) is 15.3 Å². The first-order valence-electron chi connectivity index (χ1n) is 6.61. The molecule has 106 valence electrons. The number of aryl methyl sites for hydroxylation is 1. The fourth-order valence-electron chi connectivity index (χ4n) is 1.87. The molecule has 20 heavy (non-hydrogen) atoms. The number of hydrogen-bond donors (Lipinski definition) is 1. The molecule has 0 atom stereocenters. The molecule has 3 nitrogen and oxygen atoms in total. The van der Waals surface area contributed by atoms with Gasteiger partial charge in [-0.2, -0.15) is 0 Å². The molecular weight excluding hydrogens is 290 g/mol. The summed E-state index contributed by atoms with van der Waals surface area (Å²) in [4.78, 5) is 11.2. The molecule has 0 radical (unpaired) electrons. The number of halogens is 1. The average molecular weight is 308 g/mol. The standard InChI is InChI=1S/C15H18ClN3S/c1-4-6-11-8-12-13(16)18-14(19-15(12)20-11)10(3)9-17-7-5-2/h5,8,17H,2-4,6-7,9H2,1H3.